The first kappa shape index (κ1) is 34.0. The number of terminal acetylenes is 1. The van der Waals surface area contributed by atoms with Gasteiger partial charge in [0.05, 0.1) is 0 Å². The highest BCUT2D eigenvalue weighted by Crippen LogP contribution is 2.67. The second kappa shape index (κ2) is 12.1. The molecule has 0 spiro atoms. The van der Waals surface area contributed by atoms with Gasteiger partial charge in [-0.3, -0.25) is 19.2 Å². The maximum Gasteiger partial charge on any atom is 0.304 e. The van der Waals surface area contributed by atoms with E-state index in [1.165, 1.54) is 43.8 Å². The molecule has 8 rings (SSSR count). The number of carbonyl (C=O) groups is 4. The molecule has 8 aliphatic rings. The summed E-state index contributed by atoms with van der Waals surface area (Å²) in [6.07, 6.45) is 26.8. The minimum atomic E-state index is -0.729. The van der Waals surface area contributed by atoms with Gasteiger partial charge in [0, 0.05) is 31.1 Å². The van der Waals surface area contributed by atoms with Crippen LogP contribution in [-0.2, 0) is 23.9 Å². The van der Waals surface area contributed by atoms with Crippen LogP contribution in [0.15, 0.2) is 23.3 Å². The minimum Gasteiger partial charge on any atom is -0.445 e. The number of fused-ring (bicyclic) bond motifs is 10. The number of rotatable bonds is 2. The lowest BCUT2D eigenvalue weighted by Crippen LogP contribution is -2.53. The summed E-state index contributed by atoms with van der Waals surface area (Å²) in [7, 11) is 0. The highest BCUT2D eigenvalue weighted by atomic mass is 16.6. The number of allylic oxidation sites excluding steroid dienone is 2. The van der Waals surface area contributed by atoms with Crippen molar-refractivity contribution < 1.29 is 23.9 Å². The Bertz CT molecular complexity index is 1490. The van der Waals surface area contributed by atoms with Crippen molar-refractivity contribution in [1.82, 2.24) is 0 Å². The Morgan fingerprint density at radius 3 is 2.19 bits per heavy atom. The smallest absolute Gasteiger partial charge is 0.304 e. The van der Waals surface area contributed by atoms with Gasteiger partial charge in [-0.2, -0.15) is 0 Å². The molecule has 0 radical (unpaired) electrons. The van der Waals surface area contributed by atoms with Gasteiger partial charge in [0.2, 0.25) is 0 Å². The monoisotopic (exact) mass is 654 g/mol. The molecule has 0 bridgehead atoms. The summed E-state index contributed by atoms with van der Waals surface area (Å²) in [6.45, 7) is 10.4. The maximum absolute atomic E-state index is 12.1. The van der Waals surface area contributed by atoms with E-state index in [2.05, 4.69) is 26.7 Å². The van der Waals surface area contributed by atoms with Gasteiger partial charge < -0.3 is 4.74 Å². The summed E-state index contributed by atoms with van der Waals surface area (Å²) in [6, 6.07) is 0. The van der Waals surface area contributed by atoms with Gasteiger partial charge in [0.1, 0.15) is 5.78 Å². The molecular weight excluding hydrogens is 596 g/mol. The second-order valence-corrected chi connectivity index (χ2v) is 18.1. The summed E-state index contributed by atoms with van der Waals surface area (Å²) in [5, 5.41) is 0. The highest BCUT2D eigenvalue weighted by molar-refractivity contribution is 5.92. The Balaban J connectivity index is 0.000000152. The standard InChI is InChI=1S/C22H28O3.C21H30O2/c1-4-22(25-14(2)23)12-10-20-19-7-5-15-13-16(24)6-8-17(15)18(19)9-11-21(20,22)3;1-13(22)17-6-7-18-16-5-4-14-12-15(23)8-10-20(14,2)19(16)9-11-21(17,18)3/h1,13,17-20H,5-12H2,2-3H3;12,16-19H,4-11H2,1-3H3/t17-,18+,19+,20-,21-,22-;16-,17+,18-,19-,20-,21+/m00/s1. The predicted octanol–water partition coefficient (Wildman–Crippen LogP) is 8.79. The minimum absolute atomic E-state index is 0.111. The molecule has 5 nitrogen and oxygen atoms in total. The third-order valence-corrected chi connectivity index (χ3v) is 16.4. The Labute approximate surface area is 288 Å². The van der Waals surface area contributed by atoms with Crippen molar-refractivity contribution in [2.45, 2.75) is 143 Å². The van der Waals surface area contributed by atoms with Gasteiger partial charge in [-0.15, -0.1) is 6.42 Å². The number of esters is 1. The first-order valence-electron chi connectivity index (χ1n) is 19.4. The molecule has 0 heterocycles. The zero-order valence-electron chi connectivity index (χ0n) is 30.2. The summed E-state index contributed by atoms with van der Waals surface area (Å²) in [5.41, 5.74) is 2.51. The molecule has 6 saturated carbocycles. The fourth-order valence-electron chi connectivity index (χ4n) is 14.1. The Morgan fingerprint density at radius 2 is 1.46 bits per heavy atom. The quantitative estimate of drug-likeness (QED) is 0.220. The van der Waals surface area contributed by atoms with Crippen LogP contribution in [0.2, 0.25) is 0 Å². The molecule has 0 saturated heterocycles. The lowest BCUT2D eigenvalue weighted by atomic mass is 9.47. The van der Waals surface area contributed by atoms with Gasteiger partial charge in [0.25, 0.3) is 0 Å². The van der Waals surface area contributed by atoms with Crippen LogP contribution in [0.5, 0.6) is 0 Å². The van der Waals surface area contributed by atoms with Crippen molar-refractivity contribution in [1.29, 1.82) is 0 Å². The normalized spacial score (nSPS) is 47.2. The summed E-state index contributed by atoms with van der Waals surface area (Å²) >= 11 is 0. The second-order valence-electron chi connectivity index (χ2n) is 18.1. The van der Waals surface area contributed by atoms with Gasteiger partial charge in [-0.25, -0.2) is 0 Å². The lowest BCUT2D eigenvalue weighted by molar-refractivity contribution is -0.167. The van der Waals surface area contributed by atoms with E-state index in [9.17, 15) is 19.2 Å². The van der Waals surface area contributed by atoms with Crippen LogP contribution in [0.1, 0.15) is 137 Å². The summed E-state index contributed by atoms with van der Waals surface area (Å²) in [4.78, 5) is 47.5. The number of ketones is 3. The fraction of sp³-hybridized carbons (Fsp3) is 0.767. The van der Waals surface area contributed by atoms with Crippen LogP contribution in [0, 0.1) is 75.9 Å². The van der Waals surface area contributed by atoms with Crippen molar-refractivity contribution in [2.75, 3.05) is 0 Å². The number of carbonyl (C=O) groups excluding carboxylic acids is 4. The first-order chi connectivity index (χ1) is 22.8. The average Bonchev–Trinajstić information content (AvgIpc) is 3.55. The highest BCUT2D eigenvalue weighted by Gasteiger charge is 2.64. The zero-order chi connectivity index (χ0) is 34.2. The SMILES string of the molecule is C#C[C@]1(OC(C)=O)CC[C@H]2[C@@H]3CCC4=CC(=O)CC[C@@H]4[C@H]3CC[C@@]21C.CC(=O)[C@H]1CC[C@H]2[C@@H]3CCC4=CC(=O)CC[C@]4(C)[C@H]3CC[C@]12C. The molecule has 0 aromatic rings. The van der Waals surface area contributed by atoms with Gasteiger partial charge >= 0.3 is 5.97 Å². The number of hydrogen-bond acceptors (Lipinski definition) is 5. The first-order valence-corrected chi connectivity index (χ1v) is 19.4. The molecule has 0 amide bonds. The summed E-state index contributed by atoms with van der Waals surface area (Å²) < 4.78 is 5.79. The molecule has 5 heteroatoms. The van der Waals surface area contributed by atoms with E-state index in [0.29, 0.717) is 53.4 Å². The van der Waals surface area contributed by atoms with E-state index < -0.39 is 5.60 Å². The fourth-order valence-corrected chi connectivity index (χ4v) is 14.1. The number of hydrogen-bond donors (Lipinski definition) is 0. The third kappa shape index (κ3) is 5.07. The molecule has 0 N–H and O–H groups in total. The predicted molar refractivity (Wildman–Crippen MR) is 186 cm³/mol. The zero-order valence-corrected chi connectivity index (χ0v) is 30.2. The van der Waals surface area contributed by atoms with E-state index in [1.54, 1.807) is 6.92 Å². The lowest BCUT2D eigenvalue weighted by Gasteiger charge is -2.58. The van der Waals surface area contributed by atoms with Crippen LogP contribution >= 0.6 is 0 Å². The van der Waals surface area contributed by atoms with Crippen LogP contribution in [0.25, 0.3) is 0 Å². The molecule has 48 heavy (non-hydrogen) atoms. The van der Waals surface area contributed by atoms with Crippen LogP contribution < -0.4 is 0 Å². The van der Waals surface area contributed by atoms with Crippen molar-refractivity contribution in [3.8, 4) is 12.3 Å². The van der Waals surface area contributed by atoms with Gasteiger partial charge in [-0.05, 0) is 161 Å². The van der Waals surface area contributed by atoms with Crippen molar-refractivity contribution >= 4 is 23.3 Å². The van der Waals surface area contributed by atoms with E-state index in [1.807, 2.05) is 12.2 Å². The number of ether oxygens (including phenoxy) is 1. The average molecular weight is 655 g/mol. The third-order valence-electron chi connectivity index (χ3n) is 16.4. The van der Waals surface area contributed by atoms with E-state index in [4.69, 9.17) is 11.2 Å². The molecule has 6 fully saturated rings. The van der Waals surface area contributed by atoms with E-state index >= 15 is 0 Å². The molecule has 0 unspecified atom stereocenters. The summed E-state index contributed by atoms with van der Waals surface area (Å²) in [5.74, 6) is 8.70. The Kier molecular flexibility index (Phi) is 8.56. The van der Waals surface area contributed by atoms with Crippen molar-refractivity contribution in [2.24, 2.45) is 63.6 Å². The van der Waals surface area contributed by atoms with Crippen molar-refractivity contribution in [3.63, 3.8) is 0 Å². The maximum atomic E-state index is 12.1. The molecular formula is C43H58O5. The Morgan fingerprint density at radius 1 is 0.729 bits per heavy atom. The Hall–Kier alpha value is -2.48. The molecule has 8 aliphatic carbocycles. The van der Waals surface area contributed by atoms with Gasteiger partial charge in [-0.1, -0.05) is 37.8 Å². The number of Topliss-reactive ketones (excluding diaryl/α,β-unsaturated/α-hetero) is 1. The van der Waals surface area contributed by atoms with Crippen LogP contribution in [0.4, 0.5) is 0 Å². The van der Waals surface area contributed by atoms with E-state index in [-0.39, 0.29) is 22.2 Å². The molecule has 0 aliphatic heterocycles. The van der Waals surface area contributed by atoms with Gasteiger partial charge in [0.15, 0.2) is 17.2 Å². The molecule has 260 valence electrons. The molecule has 0 aromatic carbocycles. The van der Waals surface area contributed by atoms with E-state index in [0.717, 1.165) is 88.4 Å². The molecule has 12 atom stereocenters. The van der Waals surface area contributed by atoms with Crippen molar-refractivity contribution in [3.05, 3.63) is 23.3 Å². The van der Waals surface area contributed by atoms with Crippen LogP contribution in [-0.4, -0.2) is 28.9 Å². The molecule has 0 aromatic heterocycles. The largest absolute Gasteiger partial charge is 0.445 e. The van der Waals surface area contributed by atoms with Crippen LogP contribution in [0.3, 0.4) is 0 Å². The topological polar surface area (TPSA) is 77.5 Å².